The molecule has 1 spiro atoms. The molecule has 42 valence electrons. The second-order valence-corrected chi connectivity index (χ2v) is 2.94. The predicted molar refractivity (Wildman–Crippen MR) is 33.3 cm³/mol. The van der Waals surface area contributed by atoms with Gasteiger partial charge >= 0.3 is 0 Å². The van der Waals surface area contributed by atoms with E-state index >= 15 is 0 Å². The Morgan fingerprint density at radius 1 is 1.12 bits per heavy atom. The normalized spacial score (nSPS) is 29.0. The van der Waals surface area contributed by atoms with Gasteiger partial charge in [0.15, 0.2) is 0 Å². The molecule has 0 saturated heterocycles. The third-order valence-corrected chi connectivity index (χ3v) is 2.16. The Morgan fingerprint density at radius 2 is 2.00 bits per heavy atom. The Bertz CT molecular complexity index is 153. The van der Waals surface area contributed by atoms with Crippen LogP contribution >= 0.6 is 0 Å². The molecule has 2 aliphatic rings. The summed E-state index contributed by atoms with van der Waals surface area (Å²) in [5.74, 6) is 6.51. The second kappa shape index (κ2) is 1.29. The molecule has 2 rings (SSSR count). The first-order valence-corrected chi connectivity index (χ1v) is 3.41. The van der Waals surface area contributed by atoms with E-state index in [2.05, 4.69) is 11.8 Å². The molecule has 0 atom stereocenters. The molecule has 0 heteroatoms. The zero-order chi connectivity index (χ0) is 5.45. The van der Waals surface area contributed by atoms with Gasteiger partial charge in [0.05, 0.1) is 0 Å². The number of hydrogen-bond acceptors (Lipinski definition) is 0. The lowest BCUT2D eigenvalue weighted by Crippen LogP contribution is -1.99. The van der Waals surface area contributed by atoms with Crippen molar-refractivity contribution in [3.63, 3.8) is 0 Å². The molecule has 0 aromatic heterocycles. The standard InChI is InChI=1S/C8H10/c1-2-4-8(5-3-1)6-7-8/h1-2,4,6-7H2. The van der Waals surface area contributed by atoms with Crippen molar-refractivity contribution in [2.45, 2.75) is 32.1 Å². The average molecular weight is 106 g/mol. The second-order valence-electron chi connectivity index (χ2n) is 2.94. The molecule has 2 aliphatic carbocycles. The topological polar surface area (TPSA) is 0 Å². The molecule has 0 amide bonds. The Balaban J connectivity index is 2.21. The quantitative estimate of drug-likeness (QED) is 0.414. The molecule has 1 fully saturated rings. The van der Waals surface area contributed by atoms with Crippen LogP contribution in [0.15, 0.2) is 0 Å². The largest absolute Gasteiger partial charge is 0.103 e. The number of hydrogen-bond donors (Lipinski definition) is 0. The Labute approximate surface area is 50.3 Å². The van der Waals surface area contributed by atoms with Gasteiger partial charge in [-0.05, 0) is 25.7 Å². The molecule has 0 N–H and O–H groups in total. The zero-order valence-electron chi connectivity index (χ0n) is 5.04. The fourth-order valence-corrected chi connectivity index (χ4v) is 1.35. The van der Waals surface area contributed by atoms with Gasteiger partial charge < -0.3 is 0 Å². The average Bonchev–Trinajstić information content (AvgIpc) is 2.52. The van der Waals surface area contributed by atoms with Gasteiger partial charge in [-0.2, -0.15) is 0 Å². The minimum Gasteiger partial charge on any atom is -0.103 e. The predicted octanol–water partition coefficient (Wildman–Crippen LogP) is 1.95. The summed E-state index contributed by atoms with van der Waals surface area (Å²) >= 11 is 0. The van der Waals surface area contributed by atoms with Gasteiger partial charge in [0.2, 0.25) is 0 Å². The molecule has 1 saturated carbocycles. The van der Waals surface area contributed by atoms with Crippen LogP contribution in [0.4, 0.5) is 0 Å². The SMILES string of the molecule is C1#CC2(CCC1)CC2. The van der Waals surface area contributed by atoms with Crippen molar-refractivity contribution < 1.29 is 0 Å². The van der Waals surface area contributed by atoms with Crippen LogP contribution in [0.1, 0.15) is 32.1 Å². The first-order chi connectivity index (χ1) is 3.91. The third kappa shape index (κ3) is 0.545. The minimum absolute atomic E-state index is 0.568. The Hall–Kier alpha value is -0.440. The summed E-state index contributed by atoms with van der Waals surface area (Å²) < 4.78 is 0. The van der Waals surface area contributed by atoms with E-state index in [4.69, 9.17) is 0 Å². The lowest BCUT2D eigenvalue weighted by atomic mass is 9.96. The third-order valence-electron chi connectivity index (χ3n) is 2.16. The summed E-state index contributed by atoms with van der Waals surface area (Å²) in [5.41, 5.74) is 0.568. The van der Waals surface area contributed by atoms with Crippen molar-refractivity contribution in [2.24, 2.45) is 5.41 Å². The van der Waals surface area contributed by atoms with Crippen LogP contribution in [0.3, 0.4) is 0 Å². The molecule has 0 unspecified atom stereocenters. The molecule has 8 heavy (non-hydrogen) atoms. The smallest absolute Gasteiger partial charge is 0.0316 e. The summed E-state index contributed by atoms with van der Waals surface area (Å²) in [6, 6.07) is 0. The van der Waals surface area contributed by atoms with E-state index in [1.165, 1.54) is 25.7 Å². The first kappa shape index (κ1) is 4.44. The van der Waals surface area contributed by atoms with Gasteiger partial charge in [-0.1, -0.05) is 5.92 Å². The molecule has 0 aromatic rings. The van der Waals surface area contributed by atoms with E-state index in [1.54, 1.807) is 0 Å². The van der Waals surface area contributed by atoms with Crippen LogP contribution in [-0.4, -0.2) is 0 Å². The van der Waals surface area contributed by atoms with E-state index in [0.29, 0.717) is 5.41 Å². The van der Waals surface area contributed by atoms with Gasteiger partial charge in [-0.15, -0.1) is 5.92 Å². The van der Waals surface area contributed by atoms with Crippen molar-refractivity contribution >= 4 is 0 Å². The lowest BCUT2D eigenvalue weighted by Gasteiger charge is -2.08. The van der Waals surface area contributed by atoms with Crippen molar-refractivity contribution in [2.75, 3.05) is 0 Å². The van der Waals surface area contributed by atoms with E-state index < -0.39 is 0 Å². The molecule has 0 nitrogen and oxygen atoms in total. The maximum atomic E-state index is 3.32. The van der Waals surface area contributed by atoms with Crippen molar-refractivity contribution in [3.8, 4) is 11.8 Å². The monoisotopic (exact) mass is 106 g/mol. The van der Waals surface area contributed by atoms with E-state index in [9.17, 15) is 0 Å². The number of rotatable bonds is 0. The van der Waals surface area contributed by atoms with Crippen molar-refractivity contribution in [3.05, 3.63) is 0 Å². The highest BCUT2D eigenvalue weighted by Gasteiger charge is 2.40. The zero-order valence-corrected chi connectivity index (χ0v) is 5.04. The molecule has 0 aliphatic heterocycles. The highest BCUT2D eigenvalue weighted by Crippen LogP contribution is 2.50. The first-order valence-electron chi connectivity index (χ1n) is 3.41. The molecule has 0 heterocycles. The summed E-state index contributed by atoms with van der Waals surface area (Å²) in [6.45, 7) is 0. The van der Waals surface area contributed by atoms with Gasteiger partial charge in [-0.3, -0.25) is 0 Å². The molecule has 0 bridgehead atoms. The molecule has 0 radical (unpaired) electrons. The molecular weight excluding hydrogens is 96.1 g/mol. The summed E-state index contributed by atoms with van der Waals surface area (Å²) in [6.07, 6.45) is 6.68. The van der Waals surface area contributed by atoms with E-state index in [-0.39, 0.29) is 0 Å². The van der Waals surface area contributed by atoms with Crippen LogP contribution in [0, 0.1) is 17.3 Å². The Morgan fingerprint density at radius 3 is 2.38 bits per heavy atom. The Kier molecular flexibility index (Phi) is 0.713. The highest BCUT2D eigenvalue weighted by atomic mass is 14.4. The summed E-state index contributed by atoms with van der Waals surface area (Å²) in [4.78, 5) is 0. The van der Waals surface area contributed by atoms with Gasteiger partial charge in [0, 0.05) is 11.8 Å². The van der Waals surface area contributed by atoms with E-state index in [1.807, 2.05) is 0 Å². The van der Waals surface area contributed by atoms with Crippen LogP contribution in [-0.2, 0) is 0 Å². The fraction of sp³-hybridized carbons (Fsp3) is 0.750. The van der Waals surface area contributed by atoms with Gasteiger partial charge in [-0.25, -0.2) is 0 Å². The van der Waals surface area contributed by atoms with Gasteiger partial charge in [0.25, 0.3) is 0 Å². The summed E-state index contributed by atoms with van der Waals surface area (Å²) in [5, 5.41) is 0. The molecular formula is C8H10. The minimum atomic E-state index is 0.568. The van der Waals surface area contributed by atoms with Crippen LogP contribution in [0.25, 0.3) is 0 Å². The van der Waals surface area contributed by atoms with Crippen LogP contribution < -0.4 is 0 Å². The van der Waals surface area contributed by atoms with E-state index in [0.717, 1.165) is 6.42 Å². The summed E-state index contributed by atoms with van der Waals surface area (Å²) in [7, 11) is 0. The van der Waals surface area contributed by atoms with Crippen LogP contribution in [0.5, 0.6) is 0 Å². The maximum Gasteiger partial charge on any atom is 0.0316 e. The highest BCUT2D eigenvalue weighted by molar-refractivity contribution is 5.21. The fourth-order valence-electron chi connectivity index (χ4n) is 1.35. The van der Waals surface area contributed by atoms with Crippen molar-refractivity contribution in [1.29, 1.82) is 0 Å². The molecule has 0 aromatic carbocycles. The maximum absolute atomic E-state index is 3.32. The van der Waals surface area contributed by atoms with Crippen LogP contribution in [0.2, 0.25) is 0 Å². The lowest BCUT2D eigenvalue weighted by molar-refractivity contribution is 0.561. The van der Waals surface area contributed by atoms with Gasteiger partial charge in [0.1, 0.15) is 0 Å². The van der Waals surface area contributed by atoms with Crippen molar-refractivity contribution in [1.82, 2.24) is 0 Å².